The van der Waals surface area contributed by atoms with E-state index in [0.29, 0.717) is 11.2 Å². The van der Waals surface area contributed by atoms with Crippen molar-refractivity contribution >= 4 is 17.0 Å². The second-order valence-corrected chi connectivity index (χ2v) is 4.70. The summed E-state index contributed by atoms with van der Waals surface area (Å²) < 4.78 is 6.84. The third-order valence-corrected chi connectivity index (χ3v) is 3.57. The topological polar surface area (TPSA) is 140 Å². The number of nitrogens with two attached hydrogens (primary N) is 1. The molecule has 0 bridgehead atoms. The highest BCUT2D eigenvalue weighted by molar-refractivity contribution is 5.81. The maximum absolute atomic E-state index is 10.3. The molecule has 0 radical (unpaired) electrons. The van der Waals surface area contributed by atoms with Gasteiger partial charge in [-0.2, -0.15) is 0 Å². The smallest absolute Gasteiger partial charge is 0.183 e. The molecule has 0 saturated carbocycles. The molecule has 3 heterocycles. The monoisotopic (exact) mass is 291 g/mol. The maximum atomic E-state index is 10.3. The van der Waals surface area contributed by atoms with Crippen molar-refractivity contribution < 1.29 is 20.1 Å². The van der Waals surface area contributed by atoms with E-state index in [1.54, 1.807) is 0 Å². The molecule has 2 aromatic rings. The molecule has 110 valence electrons. The van der Waals surface area contributed by atoms with Crippen LogP contribution in [0.3, 0.4) is 0 Å². The van der Waals surface area contributed by atoms with Crippen LogP contribution >= 0.6 is 0 Å². The van der Waals surface area contributed by atoms with E-state index in [-0.39, 0.29) is 5.82 Å². The summed E-state index contributed by atoms with van der Waals surface area (Å²) in [6.45, 7) is -0.544. The Morgan fingerprint density at radius 2 is 2.24 bits per heavy atom. The predicted molar refractivity (Wildman–Crippen MR) is 70.5 cm³/mol. The lowest BCUT2D eigenvalue weighted by Crippen LogP contribution is -2.47. The third-order valence-electron chi connectivity index (χ3n) is 3.57. The van der Waals surface area contributed by atoms with Gasteiger partial charge in [0.15, 0.2) is 23.3 Å². The molecule has 9 nitrogen and oxygen atoms in total. The molecule has 5 N–H and O–H groups in total. The average Bonchev–Trinajstić information content (AvgIpc) is 3.01. The molecule has 1 fully saturated rings. The number of hydrogen-bond donors (Lipinski definition) is 4. The number of nitrogen functional groups attached to an aromatic ring is 1. The van der Waals surface area contributed by atoms with E-state index in [2.05, 4.69) is 20.9 Å². The number of ether oxygens (including phenoxy) is 1. The van der Waals surface area contributed by atoms with Crippen molar-refractivity contribution in [3.8, 4) is 12.3 Å². The Labute approximate surface area is 119 Å². The first-order valence-electron chi connectivity index (χ1n) is 6.10. The minimum absolute atomic E-state index is 0.178. The van der Waals surface area contributed by atoms with Crippen LogP contribution in [-0.4, -0.2) is 59.3 Å². The molecule has 3 rings (SSSR count). The van der Waals surface area contributed by atoms with Gasteiger partial charge in [0.2, 0.25) is 0 Å². The fourth-order valence-electron chi connectivity index (χ4n) is 2.39. The molecule has 21 heavy (non-hydrogen) atoms. The molecule has 0 unspecified atom stereocenters. The van der Waals surface area contributed by atoms with Crippen LogP contribution < -0.4 is 5.73 Å². The van der Waals surface area contributed by atoms with Gasteiger partial charge >= 0.3 is 0 Å². The first kappa shape index (κ1) is 13.7. The van der Waals surface area contributed by atoms with Crippen LogP contribution in [0.1, 0.15) is 6.23 Å². The van der Waals surface area contributed by atoms with Gasteiger partial charge in [0.25, 0.3) is 0 Å². The van der Waals surface area contributed by atoms with E-state index < -0.39 is 30.6 Å². The molecule has 1 aliphatic rings. The number of anilines is 1. The second-order valence-electron chi connectivity index (χ2n) is 4.70. The van der Waals surface area contributed by atoms with E-state index in [1.807, 2.05) is 0 Å². The summed E-state index contributed by atoms with van der Waals surface area (Å²) >= 11 is 0. The van der Waals surface area contributed by atoms with Gasteiger partial charge in [0.1, 0.15) is 24.1 Å². The van der Waals surface area contributed by atoms with Crippen LogP contribution in [0.25, 0.3) is 11.2 Å². The van der Waals surface area contributed by atoms with Gasteiger partial charge in [0, 0.05) is 0 Å². The highest BCUT2D eigenvalue weighted by Gasteiger charge is 2.55. The van der Waals surface area contributed by atoms with Crippen molar-refractivity contribution in [2.45, 2.75) is 24.0 Å². The number of imidazole rings is 1. The Morgan fingerprint density at radius 3 is 2.86 bits per heavy atom. The minimum Gasteiger partial charge on any atom is -0.394 e. The predicted octanol–water partition coefficient (Wildman–Crippen LogP) is -1.98. The molecule has 1 aliphatic heterocycles. The van der Waals surface area contributed by atoms with Gasteiger partial charge in [0.05, 0.1) is 12.9 Å². The number of terminal acetylenes is 1. The highest BCUT2D eigenvalue weighted by atomic mass is 16.6. The van der Waals surface area contributed by atoms with Crippen LogP contribution in [0, 0.1) is 12.3 Å². The lowest BCUT2D eigenvalue weighted by Gasteiger charge is -2.23. The summed E-state index contributed by atoms with van der Waals surface area (Å²) in [4.78, 5) is 11.9. The minimum atomic E-state index is -2.01. The number of aromatic nitrogens is 4. The molecule has 4 atom stereocenters. The summed E-state index contributed by atoms with van der Waals surface area (Å²) in [5, 5.41) is 29.8. The lowest BCUT2D eigenvalue weighted by atomic mass is 9.93. The highest BCUT2D eigenvalue weighted by Crippen LogP contribution is 2.38. The van der Waals surface area contributed by atoms with Crippen molar-refractivity contribution in [1.82, 2.24) is 19.5 Å². The number of hydrogen-bond acceptors (Lipinski definition) is 8. The van der Waals surface area contributed by atoms with Crippen LogP contribution in [0.4, 0.5) is 5.82 Å². The lowest BCUT2D eigenvalue weighted by molar-refractivity contribution is -0.0605. The van der Waals surface area contributed by atoms with Crippen LogP contribution in [0.2, 0.25) is 0 Å². The van der Waals surface area contributed by atoms with E-state index in [0.717, 1.165) is 0 Å². The van der Waals surface area contributed by atoms with Crippen LogP contribution in [0.15, 0.2) is 12.7 Å². The summed E-state index contributed by atoms with van der Waals surface area (Å²) in [7, 11) is 0. The maximum Gasteiger partial charge on any atom is 0.183 e. The van der Waals surface area contributed by atoms with Gasteiger partial charge in [-0.05, 0) is 0 Å². The Kier molecular flexibility index (Phi) is 3.03. The molecule has 0 spiro atoms. The molecular weight excluding hydrogens is 278 g/mol. The normalized spacial score (nSPS) is 32.4. The van der Waals surface area contributed by atoms with Gasteiger partial charge in [-0.1, -0.05) is 5.92 Å². The van der Waals surface area contributed by atoms with Crippen molar-refractivity contribution in [1.29, 1.82) is 0 Å². The summed E-state index contributed by atoms with van der Waals surface area (Å²) in [6.07, 6.45) is 4.20. The van der Waals surface area contributed by atoms with Crippen molar-refractivity contribution in [2.24, 2.45) is 0 Å². The third kappa shape index (κ3) is 1.78. The SMILES string of the molecule is C#C[C@]1(O)[C@@H](CO)O[C@@H](n2cnc3c(N)ncnc32)[C@@H]1O. The summed E-state index contributed by atoms with van der Waals surface area (Å²) in [5.74, 6) is 2.25. The average molecular weight is 291 g/mol. The Hall–Kier alpha value is -2.25. The first-order chi connectivity index (χ1) is 10.0. The van der Waals surface area contributed by atoms with Gasteiger partial charge in [-0.3, -0.25) is 4.57 Å². The Morgan fingerprint density at radius 1 is 1.48 bits per heavy atom. The van der Waals surface area contributed by atoms with Gasteiger partial charge in [-0.15, -0.1) is 6.42 Å². The number of aliphatic hydroxyl groups is 3. The van der Waals surface area contributed by atoms with E-state index in [4.69, 9.17) is 16.9 Å². The van der Waals surface area contributed by atoms with E-state index in [1.165, 1.54) is 17.2 Å². The zero-order valence-electron chi connectivity index (χ0n) is 10.8. The molecule has 0 aliphatic carbocycles. The standard InChI is InChI=1S/C12H13N5O4/c1-2-12(20)6(3-18)21-11(8(12)19)17-5-16-7-9(13)14-4-15-10(7)17/h1,4-6,8,11,18-20H,3H2,(H2,13,14,15)/t6-,8+,11-,12+/m1/s1. The zero-order chi connectivity index (χ0) is 15.2. The van der Waals surface area contributed by atoms with Crippen molar-refractivity contribution in [3.05, 3.63) is 12.7 Å². The van der Waals surface area contributed by atoms with E-state index >= 15 is 0 Å². The van der Waals surface area contributed by atoms with Crippen LogP contribution in [0.5, 0.6) is 0 Å². The molecule has 9 heteroatoms. The Bertz CT molecular complexity index is 726. The number of fused-ring (bicyclic) bond motifs is 1. The first-order valence-corrected chi connectivity index (χ1v) is 6.10. The molecule has 0 amide bonds. The Balaban J connectivity index is 2.08. The molecule has 1 saturated heterocycles. The molecular formula is C12H13N5O4. The fraction of sp³-hybridized carbons (Fsp3) is 0.417. The number of aliphatic hydroxyl groups excluding tert-OH is 2. The largest absolute Gasteiger partial charge is 0.394 e. The number of rotatable bonds is 2. The van der Waals surface area contributed by atoms with Crippen molar-refractivity contribution in [3.63, 3.8) is 0 Å². The quantitative estimate of drug-likeness (QED) is 0.467. The molecule has 0 aromatic carbocycles. The summed E-state index contributed by atoms with van der Waals surface area (Å²) in [6, 6.07) is 0. The zero-order valence-corrected chi connectivity index (χ0v) is 10.8. The summed E-state index contributed by atoms with van der Waals surface area (Å²) in [5.41, 5.74) is 4.34. The molecule has 2 aromatic heterocycles. The second kappa shape index (κ2) is 4.64. The number of nitrogens with zero attached hydrogens (tertiary/aromatic N) is 4. The fourth-order valence-corrected chi connectivity index (χ4v) is 2.39. The van der Waals surface area contributed by atoms with Gasteiger partial charge in [-0.25, -0.2) is 15.0 Å². The van der Waals surface area contributed by atoms with Gasteiger partial charge < -0.3 is 25.8 Å². The van der Waals surface area contributed by atoms with Crippen LogP contribution in [-0.2, 0) is 4.74 Å². The van der Waals surface area contributed by atoms with Crippen molar-refractivity contribution in [2.75, 3.05) is 12.3 Å². The van der Waals surface area contributed by atoms with E-state index in [9.17, 15) is 15.3 Å².